The lowest BCUT2D eigenvalue weighted by Gasteiger charge is -2.04. The lowest BCUT2D eigenvalue weighted by atomic mass is 10.0. The summed E-state index contributed by atoms with van der Waals surface area (Å²) in [5.41, 5.74) is 7.52. The summed E-state index contributed by atoms with van der Waals surface area (Å²) in [6, 6.07) is 14.6. The van der Waals surface area contributed by atoms with Crippen LogP contribution in [-0.4, -0.2) is 26.5 Å². The number of carbonyl (C=O) groups is 2. The standard InChI is InChI=1S/C11H14O2.C8H9NO2/c1-9(8-12)7-10-3-5-11(13-2)6-4-10;1-11-8(10)6-4-2-3-5-7(6)9/h3-6,8-9H,7H2,1-2H3;2-5H,9H2,1H3. The Bertz CT molecular complexity index is 653. The van der Waals surface area contributed by atoms with Gasteiger partial charge in [-0.05, 0) is 36.2 Å². The second-order valence-electron chi connectivity index (χ2n) is 5.24. The van der Waals surface area contributed by atoms with Crippen LogP contribution in [0, 0.1) is 5.92 Å². The van der Waals surface area contributed by atoms with Crippen LogP contribution in [0.5, 0.6) is 5.75 Å². The molecule has 1 unspecified atom stereocenters. The molecule has 0 heterocycles. The van der Waals surface area contributed by atoms with Crippen molar-refractivity contribution in [2.24, 2.45) is 5.92 Å². The molecule has 24 heavy (non-hydrogen) atoms. The molecule has 0 spiro atoms. The molecule has 2 aromatic rings. The molecule has 0 amide bonds. The van der Waals surface area contributed by atoms with E-state index in [1.807, 2.05) is 31.2 Å². The first-order chi connectivity index (χ1) is 11.5. The molecule has 1 atom stereocenters. The highest BCUT2D eigenvalue weighted by molar-refractivity contribution is 5.94. The van der Waals surface area contributed by atoms with Crippen LogP contribution in [0.2, 0.25) is 0 Å². The fraction of sp³-hybridized carbons (Fsp3) is 0.263. The average molecular weight is 329 g/mol. The highest BCUT2D eigenvalue weighted by atomic mass is 16.5. The molecule has 0 aromatic heterocycles. The maximum absolute atomic E-state index is 10.9. The third kappa shape index (κ3) is 6.12. The van der Waals surface area contributed by atoms with Crippen LogP contribution >= 0.6 is 0 Å². The van der Waals surface area contributed by atoms with Crippen molar-refractivity contribution in [3.8, 4) is 5.75 Å². The van der Waals surface area contributed by atoms with Gasteiger partial charge in [0.25, 0.3) is 0 Å². The molecule has 0 radical (unpaired) electrons. The van der Waals surface area contributed by atoms with E-state index in [2.05, 4.69) is 4.74 Å². The van der Waals surface area contributed by atoms with Gasteiger partial charge in [0.1, 0.15) is 12.0 Å². The summed E-state index contributed by atoms with van der Waals surface area (Å²) in [5.74, 6) is 0.541. The third-order valence-corrected chi connectivity index (χ3v) is 3.32. The van der Waals surface area contributed by atoms with Gasteiger partial charge in [0.05, 0.1) is 19.8 Å². The Labute approximate surface area is 142 Å². The Kier molecular flexibility index (Phi) is 8.05. The fourth-order valence-electron chi connectivity index (χ4n) is 1.97. The number of ether oxygens (including phenoxy) is 2. The minimum Gasteiger partial charge on any atom is -0.497 e. The monoisotopic (exact) mass is 329 g/mol. The van der Waals surface area contributed by atoms with Crippen molar-refractivity contribution in [1.82, 2.24) is 0 Å². The first kappa shape index (κ1) is 19.2. The molecule has 2 N–H and O–H groups in total. The second-order valence-corrected chi connectivity index (χ2v) is 5.24. The summed E-state index contributed by atoms with van der Waals surface area (Å²) in [6.45, 7) is 1.91. The van der Waals surface area contributed by atoms with Gasteiger partial charge in [-0.25, -0.2) is 4.79 Å². The number of carbonyl (C=O) groups excluding carboxylic acids is 2. The summed E-state index contributed by atoms with van der Waals surface area (Å²) in [4.78, 5) is 21.3. The number of methoxy groups -OCH3 is 2. The number of rotatable bonds is 5. The maximum Gasteiger partial charge on any atom is 0.339 e. The number of anilines is 1. The van der Waals surface area contributed by atoms with Gasteiger partial charge in [0.15, 0.2) is 0 Å². The first-order valence-corrected chi connectivity index (χ1v) is 7.52. The molecular weight excluding hydrogens is 306 g/mol. The van der Waals surface area contributed by atoms with Gasteiger partial charge in [-0.3, -0.25) is 0 Å². The molecule has 0 aliphatic rings. The topological polar surface area (TPSA) is 78.6 Å². The van der Waals surface area contributed by atoms with E-state index in [9.17, 15) is 9.59 Å². The van der Waals surface area contributed by atoms with E-state index in [1.165, 1.54) is 12.7 Å². The highest BCUT2D eigenvalue weighted by Crippen LogP contribution is 2.13. The summed E-state index contributed by atoms with van der Waals surface area (Å²) in [7, 11) is 2.97. The molecule has 0 saturated carbocycles. The number of aldehydes is 1. The van der Waals surface area contributed by atoms with Crippen LogP contribution in [0.1, 0.15) is 22.8 Å². The molecule has 0 fully saturated rings. The van der Waals surface area contributed by atoms with Gasteiger partial charge in [-0.2, -0.15) is 0 Å². The zero-order chi connectivity index (χ0) is 17.9. The molecular formula is C19H23NO4. The van der Waals surface area contributed by atoms with Crippen LogP contribution in [0.15, 0.2) is 48.5 Å². The second kappa shape index (κ2) is 10.0. The predicted octanol–water partition coefficient (Wildman–Crippen LogP) is 3.13. The number of hydrogen-bond acceptors (Lipinski definition) is 5. The minimum absolute atomic E-state index is 0.0911. The Morgan fingerprint density at radius 1 is 1.12 bits per heavy atom. The highest BCUT2D eigenvalue weighted by Gasteiger charge is 2.06. The van der Waals surface area contributed by atoms with E-state index >= 15 is 0 Å². The van der Waals surface area contributed by atoms with Crippen LogP contribution < -0.4 is 10.5 Å². The van der Waals surface area contributed by atoms with Gasteiger partial charge in [0.2, 0.25) is 0 Å². The number of hydrogen-bond donors (Lipinski definition) is 1. The number of benzene rings is 2. The Hall–Kier alpha value is -2.82. The van der Waals surface area contributed by atoms with Crippen molar-refractivity contribution in [2.45, 2.75) is 13.3 Å². The maximum atomic E-state index is 10.9. The quantitative estimate of drug-likeness (QED) is 0.518. The van der Waals surface area contributed by atoms with Gasteiger partial charge in [0, 0.05) is 11.6 Å². The van der Waals surface area contributed by atoms with Gasteiger partial charge >= 0.3 is 5.97 Å². The first-order valence-electron chi connectivity index (χ1n) is 7.52. The van der Waals surface area contributed by atoms with E-state index in [0.29, 0.717) is 11.3 Å². The molecule has 2 aromatic carbocycles. The predicted molar refractivity (Wildman–Crippen MR) is 94.1 cm³/mol. The summed E-state index contributed by atoms with van der Waals surface area (Å²) >= 11 is 0. The third-order valence-electron chi connectivity index (χ3n) is 3.32. The zero-order valence-electron chi connectivity index (χ0n) is 14.2. The van der Waals surface area contributed by atoms with E-state index in [4.69, 9.17) is 10.5 Å². The van der Waals surface area contributed by atoms with Crippen LogP contribution in [0.4, 0.5) is 5.69 Å². The molecule has 128 valence electrons. The Morgan fingerprint density at radius 2 is 1.75 bits per heavy atom. The normalized spacial score (nSPS) is 10.8. The van der Waals surface area contributed by atoms with Crippen LogP contribution in [0.25, 0.3) is 0 Å². The minimum atomic E-state index is -0.400. The van der Waals surface area contributed by atoms with Crippen LogP contribution in [-0.2, 0) is 16.0 Å². The van der Waals surface area contributed by atoms with Gasteiger partial charge in [-0.15, -0.1) is 0 Å². The van der Waals surface area contributed by atoms with E-state index < -0.39 is 5.97 Å². The molecule has 0 saturated heterocycles. The van der Waals surface area contributed by atoms with E-state index in [1.54, 1.807) is 31.4 Å². The molecule has 5 heteroatoms. The van der Waals surface area contributed by atoms with E-state index in [0.717, 1.165) is 18.5 Å². The number of nitrogen functional groups attached to an aromatic ring is 1. The van der Waals surface area contributed by atoms with Crippen molar-refractivity contribution in [3.63, 3.8) is 0 Å². The Balaban J connectivity index is 0.000000243. The lowest BCUT2D eigenvalue weighted by molar-refractivity contribution is -0.110. The SMILES string of the molecule is COC(=O)c1ccccc1N.COc1ccc(CC(C)C=O)cc1. The lowest BCUT2D eigenvalue weighted by Crippen LogP contribution is -2.04. The molecule has 0 bridgehead atoms. The van der Waals surface area contributed by atoms with Gasteiger partial charge in [-0.1, -0.05) is 31.2 Å². The number of esters is 1. The van der Waals surface area contributed by atoms with Crippen molar-refractivity contribution in [1.29, 1.82) is 0 Å². The smallest absolute Gasteiger partial charge is 0.339 e. The van der Waals surface area contributed by atoms with Crippen molar-refractivity contribution in [3.05, 3.63) is 59.7 Å². The largest absolute Gasteiger partial charge is 0.497 e. The van der Waals surface area contributed by atoms with Crippen molar-refractivity contribution in [2.75, 3.05) is 20.0 Å². The molecule has 0 aliphatic heterocycles. The molecule has 5 nitrogen and oxygen atoms in total. The number of nitrogens with two attached hydrogens (primary N) is 1. The summed E-state index contributed by atoms with van der Waals surface area (Å²) in [6.07, 6.45) is 1.78. The van der Waals surface area contributed by atoms with Gasteiger partial charge < -0.3 is 20.0 Å². The number of para-hydroxylation sites is 1. The summed E-state index contributed by atoms with van der Waals surface area (Å²) < 4.78 is 9.53. The molecule has 2 rings (SSSR count). The van der Waals surface area contributed by atoms with Crippen LogP contribution in [0.3, 0.4) is 0 Å². The zero-order valence-corrected chi connectivity index (χ0v) is 14.2. The fourth-order valence-corrected chi connectivity index (χ4v) is 1.97. The van der Waals surface area contributed by atoms with Crippen molar-refractivity contribution >= 4 is 17.9 Å². The van der Waals surface area contributed by atoms with E-state index in [-0.39, 0.29) is 5.92 Å². The summed E-state index contributed by atoms with van der Waals surface area (Å²) in [5, 5.41) is 0. The molecule has 0 aliphatic carbocycles. The Morgan fingerprint density at radius 3 is 2.25 bits per heavy atom. The average Bonchev–Trinajstić information content (AvgIpc) is 2.62. The van der Waals surface area contributed by atoms with Crippen molar-refractivity contribution < 1.29 is 19.1 Å².